The molecule has 0 bridgehead atoms. The maximum absolute atomic E-state index is 12.0. The molecule has 7 heteroatoms. The Bertz CT molecular complexity index is 491. The molecule has 102 valence electrons. The van der Waals surface area contributed by atoms with Crippen LogP contribution in [0.3, 0.4) is 0 Å². The summed E-state index contributed by atoms with van der Waals surface area (Å²) in [5.74, 6) is 5.11. The van der Waals surface area contributed by atoms with E-state index in [1.165, 1.54) is 4.90 Å². The lowest BCUT2D eigenvalue weighted by Crippen LogP contribution is -2.31. The molecule has 0 radical (unpaired) electrons. The topological polar surface area (TPSA) is 100 Å². The first-order valence-corrected chi connectivity index (χ1v) is 6.19. The summed E-state index contributed by atoms with van der Waals surface area (Å²) in [6.07, 6.45) is 3.07. The van der Waals surface area contributed by atoms with Crippen LogP contribution in [0.1, 0.15) is 25.5 Å². The first-order valence-electron chi connectivity index (χ1n) is 6.19. The van der Waals surface area contributed by atoms with Gasteiger partial charge in [0.25, 0.3) is 5.91 Å². The summed E-state index contributed by atoms with van der Waals surface area (Å²) in [6.45, 7) is 2.13. The highest BCUT2D eigenvalue weighted by atomic mass is 16.2. The second-order valence-corrected chi connectivity index (χ2v) is 4.40. The molecule has 2 heterocycles. The molecule has 1 fully saturated rings. The Balaban J connectivity index is 2.10. The third-order valence-electron chi connectivity index (χ3n) is 2.99. The van der Waals surface area contributed by atoms with Gasteiger partial charge in [0.2, 0.25) is 0 Å². The zero-order valence-electron chi connectivity index (χ0n) is 10.7. The second kappa shape index (κ2) is 5.66. The van der Waals surface area contributed by atoms with Crippen molar-refractivity contribution in [2.45, 2.75) is 32.4 Å². The minimum absolute atomic E-state index is 0.153. The monoisotopic (exact) mass is 263 g/mol. The van der Waals surface area contributed by atoms with E-state index in [0.29, 0.717) is 17.8 Å². The third-order valence-corrected chi connectivity index (χ3v) is 2.99. The van der Waals surface area contributed by atoms with Crippen molar-refractivity contribution in [2.24, 2.45) is 5.84 Å². The van der Waals surface area contributed by atoms with Crippen molar-refractivity contribution in [1.29, 1.82) is 0 Å². The fraction of sp³-hybridized carbons (Fsp3) is 0.417. The Kier molecular flexibility index (Phi) is 3.96. The first kappa shape index (κ1) is 13.3. The zero-order valence-corrected chi connectivity index (χ0v) is 10.7. The molecule has 0 saturated carbocycles. The number of urea groups is 1. The molecule has 1 saturated heterocycles. The highest BCUT2D eigenvalue weighted by molar-refractivity contribution is 6.04. The number of nitrogens with two attached hydrogens (primary N) is 1. The standard InChI is InChI=1S/C12H17N5O2/c1-2-3-10-11(18)17(12(19)15-10)7-9-6-8(16-13)4-5-14-9/h4-6,10H,2-3,7,13H2,1H3,(H,14,16)(H,15,19). The van der Waals surface area contributed by atoms with Crippen LogP contribution in [0, 0.1) is 0 Å². The summed E-state index contributed by atoms with van der Waals surface area (Å²) < 4.78 is 0. The molecule has 0 aliphatic carbocycles. The molecule has 1 aromatic heterocycles. The van der Waals surface area contributed by atoms with Crippen LogP contribution in [0.15, 0.2) is 18.3 Å². The van der Waals surface area contributed by atoms with Crippen LogP contribution < -0.4 is 16.6 Å². The number of nitrogens with zero attached hydrogens (tertiary/aromatic N) is 2. The second-order valence-electron chi connectivity index (χ2n) is 4.40. The normalized spacial score (nSPS) is 18.6. The Morgan fingerprint density at radius 2 is 2.32 bits per heavy atom. The summed E-state index contributed by atoms with van der Waals surface area (Å²) in [6, 6.07) is 2.63. The van der Waals surface area contributed by atoms with Crippen molar-refractivity contribution in [3.05, 3.63) is 24.0 Å². The van der Waals surface area contributed by atoms with Crippen LogP contribution in [-0.2, 0) is 11.3 Å². The lowest BCUT2D eigenvalue weighted by Gasteiger charge is -2.12. The molecule has 1 aliphatic rings. The van der Waals surface area contributed by atoms with Crippen LogP contribution in [-0.4, -0.2) is 27.9 Å². The van der Waals surface area contributed by atoms with Gasteiger partial charge in [-0.1, -0.05) is 13.3 Å². The van der Waals surface area contributed by atoms with Crippen LogP contribution in [0.25, 0.3) is 0 Å². The molecule has 1 unspecified atom stereocenters. The van der Waals surface area contributed by atoms with Gasteiger partial charge in [0.1, 0.15) is 6.04 Å². The van der Waals surface area contributed by atoms with Gasteiger partial charge in [0, 0.05) is 6.20 Å². The largest absolute Gasteiger partial charge is 0.326 e. The van der Waals surface area contributed by atoms with Gasteiger partial charge in [-0.05, 0) is 18.6 Å². The molecule has 19 heavy (non-hydrogen) atoms. The number of amides is 3. The van der Waals surface area contributed by atoms with Crippen molar-refractivity contribution in [3.8, 4) is 0 Å². The number of hydrazine groups is 1. The molecule has 1 aliphatic heterocycles. The van der Waals surface area contributed by atoms with E-state index in [1.54, 1.807) is 18.3 Å². The fourth-order valence-electron chi connectivity index (χ4n) is 2.03. The number of imide groups is 1. The van der Waals surface area contributed by atoms with Gasteiger partial charge in [0.15, 0.2) is 0 Å². The van der Waals surface area contributed by atoms with Crippen molar-refractivity contribution in [2.75, 3.05) is 5.43 Å². The van der Waals surface area contributed by atoms with Gasteiger partial charge in [0.05, 0.1) is 17.9 Å². The van der Waals surface area contributed by atoms with E-state index >= 15 is 0 Å². The smallest absolute Gasteiger partial charge is 0.325 e. The van der Waals surface area contributed by atoms with E-state index in [-0.39, 0.29) is 18.5 Å². The summed E-state index contributed by atoms with van der Waals surface area (Å²) in [5.41, 5.74) is 3.79. The lowest BCUT2D eigenvalue weighted by molar-refractivity contribution is -0.128. The molecular weight excluding hydrogens is 246 g/mol. The predicted molar refractivity (Wildman–Crippen MR) is 69.8 cm³/mol. The fourth-order valence-corrected chi connectivity index (χ4v) is 2.03. The first-order chi connectivity index (χ1) is 9.15. The Morgan fingerprint density at radius 1 is 1.53 bits per heavy atom. The average Bonchev–Trinajstić information content (AvgIpc) is 2.67. The van der Waals surface area contributed by atoms with E-state index in [2.05, 4.69) is 15.7 Å². The average molecular weight is 263 g/mol. The molecular formula is C12H17N5O2. The molecule has 1 atom stereocenters. The maximum Gasteiger partial charge on any atom is 0.325 e. The minimum atomic E-state index is -0.409. The SMILES string of the molecule is CCCC1NC(=O)N(Cc2cc(NN)ccn2)C1=O. The van der Waals surface area contributed by atoms with E-state index < -0.39 is 6.04 Å². The molecule has 2 rings (SSSR count). The number of hydrogen-bond acceptors (Lipinski definition) is 5. The number of hydrogen-bond donors (Lipinski definition) is 3. The Labute approximate surface area is 111 Å². The summed E-state index contributed by atoms with van der Waals surface area (Å²) in [5, 5.41) is 2.67. The highest BCUT2D eigenvalue weighted by Gasteiger charge is 2.37. The van der Waals surface area contributed by atoms with E-state index in [1.807, 2.05) is 6.92 Å². The van der Waals surface area contributed by atoms with E-state index in [0.717, 1.165) is 6.42 Å². The Hall–Kier alpha value is -2.15. The van der Waals surface area contributed by atoms with Gasteiger partial charge in [-0.3, -0.25) is 20.5 Å². The lowest BCUT2D eigenvalue weighted by atomic mass is 10.1. The van der Waals surface area contributed by atoms with E-state index in [4.69, 9.17) is 5.84 Å². The van der Waals surface area contributed by atoms with Crippen molar-refractivity contribution < 1.29 is 9.59 Å². The molecule has 4 N–H and O–H groups in total. The van der Waals surface area contributed by atoms with Crippen molar-refractivity contribution in [1.82, 2.24) is 15.2 Å². The third kappa shape index (κ3) is 2.82. The number of nitrogens with one attached hydrogen (secondary N) is 2. The minimum Gasteiger partial charge on any atom is -0.326 e. The highest BCUT2D eigenvalue weighted by Crippen LogP contribution is 2.15. The summed E-state index contributed by atoms with van der Waals surface area (Å²) in [7, 11) is 0. The summed E-state index contributed by atoms with van der Waals surface area (Å²) in [4.78, 5) is 29.1. The number of nitrogen functional groups attached to an aromatic ring is 1. The number of rotatable bonds is 5. The molecule has 3 amide bonds. The van der Waals surface area contributed by atoms with Gasteiger partial charge in [-0.15, -0.1) is 0 Å². The van der Waals surface area contributed by atoms with E-state index in [9.17, 15) is 9.59 Å². The van der Waals surface area contributed by atoms with Gasteiger partial charge in [-0.25, -0.2) is 4.79 Å². The maximum atomic E-state index is 12.0. The number of aromatic nitrogens is 1. The molecule has 1 aromatic rings. The van der Waals surface area contributed by atoms with Crippen LogP contribution >= 0.6 is 0 Å². The number of anilines is 1. The predicted octanol–water partition coefficient (Wildman–Crippen LogP) is 0.588. The van der Waals surface area contributed by atoms with Gasteiger partial charge in [-0.2, -0.15) is 0 Å². The summed E-state index contributed by atoms with van der Waals surface area (Å²) >= 11 is 0. The molecule has 0 spiro atoms. The van der Waals surface area contributed by atoms with Crippen LogP contribution in [0.2, 0.25) is 0 Å². The van der Waals surface area contributed by atoms with Crippen LogP contribution in [0.4, 0.5) is 10.5 Å². The Morgan fingerprint density at radius 3 is 3.00 bits per heavy atom. The van der Waals surface area contributed by atoms with Crippen molar-refractivity contribution in [3.63, 3.8) is 0 Å². The van der Waals surface area contributed by atoms with Gasteiger partial charge >= 0.3 is 6.03 Å². The quantitative estimate of drug-likeness (QED) is 0.410. The van der Waals surface area contributed by atoms with Crippen molar-refractivity contribution >= 4 is 17.6 Å². The molecule has 0 aromatic carbocycles. The van der Waals surface area contributed by atoms with Crippen LogP contribution in [0.5, 0.6) is 0 Å². The number of pyridine rings is 1. The number of carbonyl (C=O) groups excluding carboxylic acids is 2. The zero-order chi connectivity index (χ0) is 13.8. The molecule has 7 nitrogen and oxygen atoms in total. The van der Waals surface area contributed by atoms with Gasteiger partial charge < -0.3 is 10.7 Å². The number of carbonyl (C=O) groups is 2.